The molecule has 2 heterocycles. The molecule has 0 saturated carbocycles. The monoisotopic (exact) mass is 419 g/mol. The minimum atomic E-state index is -4.27. The lowest BCUT2D eigenvalue weighted by Gasteiger charge is -2.26. The van der Waals surface area contributed by atoms with Crippen molar-refractivity contribution in [2.75, 3.05) is 32.7 Å². The van der Waals surface area contributed by atoms with E-state index < -0.39 is 34.7 Å². The number of sulfonamides is 1. The highest BCUT2D eigenvalue weighted by molar-refractivity contribution is 7.89. The van der Waals surface area contributed by atoms with Crippen LogP contribution in [0.2, 0.25) is 0 Å². The molecule has 1 aromatic rings. The Balaban J connectivity index is 1.64. The molecule has 2 aliphatic heterocycles. The lowest BCUT2D eigenvalue weighted by Crippen LogP contribution is -2.39. The van der Waals surface area contributed by atoms with E-state index in [2.05, 4.69) is 5.32 Å². The Bertz CT molecular complexity index is 808. The van der Waals surface area contributed by atoms with Crippen molar-refractivity contribution >= 4 is 15.9 Å². The molecule has 0 aliphatic carbocycles. The summed E-state index contributed by atoms with van der Waals surface area (Å²) in [6.07, 6.45) is -1.21. The van der Waals surface area contributed by atoms with Crippen LogP contribution < -0.4 is 5.32 Å². The largest absolute Gasteiger partial charge is 0.401 e. The number of carbonyl (C=O) groups excluding carboxylic acids is 1. The van der Waals surface area contributed by atoms with Gasteiger partial charge in [-0.3, -0.25) is 9.69 Å². The zero-order valence-electron chi connectivity index (χ0n) is 15.4. The highest BCUT2D eigenvalue weighted by Gasteiger charge is 2.35. The quantitative estimate of drug-likeness (QED) is 0.795. The van der Waals surface area contributed by atoms with E-state index >= 15 is 0 Å². The van der Waals surface area contributed by atoms with E-state index in [1.165, 1.54) is 33.5 Å². The first-order valence-corrected chi connectivity index (χ1v) is 10.8. The van der Waals surface area contributed by atoms with Crippen LogP contribution in [0.3, 0.4) is 0 Å². The lowest BCUT2D eigenvalue weighted by molar-refractivity contribution is -0.143. The Morgan fingerprint density at radius 2 is 1.86 bits per heavy atom. The van der Waals surface area contributed by atoms with Gasteiger partial charge in [0.25, 0.3) is 5.91 Å². The molecule has 2 fully saturated rings. The van der Waals surface area contributed by atoms with Gasteiger partial charge in [-0.15, -0.1) is 0 Å². The number of carbonyl (C=O) groups is 1. The molecule has 0 bridgehead atoms. The van der Waals surface area contributed by atoms with E-state index in [1.807, 2.05) is 0 Å². The van der Waals surface area contributed by atoms with Crippen molar-refractivity contribution in [2.24, 2.45) is 0 Å². The average molecular weight is 419 g/mol. The number of piperidine rings is 1. The number of halogens is 3. The molecule has 28 heavy (non-hydrogen) atoms. The molecule has 1 unspecified atom stereocenters. The van der Waals surface area contributed by atoms with Crippen molar-refractivity contribution in [3.05, 3.63) is 29.8 Å². The number of hydrogen-bond donors (Lipinski definition) is 1. The molecule has 3 rings (SSSR count). The van der Waals surface area contributed by atoms with Crippen molar-refractivity contribution in [1.82, 2.24) is 14.5 Å². The molecule has 1 aromatic carbocycles. The number of benzene rings is 1. The van der Waals surface area contributed by atoms with Crippen LogP contribution >= 0.6 is 0 Å². The average Bonchev–Trinajstić information content (AvgIpc) is 3.07. The second-order valence-electron chi connectivity index (χ2n) is 7.30. The summed E-state index contributed by atoms with van der Waals surface area (Å²) in [6, 6.07) is 5.42. The highest BCUT2D eigenvalue weighted by atomic mass is 32.2. The van der Waals surface area contributed by atoms with E-state index in [0.717, 1.165) is 19.3 Å². The van der Waals surface area contributed by atoms with Crippen LogP contribution in [0.1, 0.15) is 36.0 Å². The van der Waals surface area contributed by atoms with E-state index in [9.17, 15) is 26.4 Å². The third kappa shape index (κ3) is 5.24. The summed E-state index contributed by atoms with van der Waals surface area (Å²) in [5, 5.41) is 2.71. The molecule has 1 atom stereocenters. The van der Waals surface area contributed by atoms with E-state index in [1.54, 1.807) is 0 Å². The summed E-state index contributed by atoms with van der Waals surface area (Å²) in [5.74, 6) is -0.477. The van der Waals surface area contributed by atoms with Crippen molar-refractivity contribution in [2.45, 2.75) is 42.8 Å². The number of rotatable bonds is 5. The van der Waals surface area contributed by atoms with Crippen molar-refractivity contribution in [3.8, 4) is 0 Å². The number of alkyl halides is 3. The molecule has 10 heteroatoms. The van der Waals surface area contributed by atoms with Gasteiger partial charge in [-0.1, -0.05) is 12.5 Å². The van der Waals surface area contributed by atoms with Crippen LogP contribution in [-0.2, 0) is 10.0 Å². The van der Waals surface area contributed by atoms with E-state index in [4.69, 9.17) is 0 Å². The molecule has 0 spiro atoms. The van der Waals surface area contributed by atoms with Crippen LogP contribution in [0.25, 0.3) is 0 Å². The van der Waals surface area contributed by atoms with Crippen LogP contribution in [0.5, 0.6) is 0 Å². The Morgan fingerprint density at radius 3 is 2.54 bits per heavy atom. The summed E-state index contributed by atoms with van der Waals surface area (Å²) in [5.41, 5.74) is 0.187. The van der Waals surface area contributed by atoms with Gasteiger partial charge in [0, 0.05) is 37.8 Å². The summed E-state index contributed by atoms with van der Waals surface area (Å²) >= 11 is 0. The Hall–Kier alpha value is -1.65. The zero-order valence-corrected chi connectivity index (χ0v) is 16.2. The van der Waals surface area contributed by atoms with Crippen LogP contribution in [0.4, 0.5) is 13.2 Å². The van der Waals surface area contributed by atoms with Gasteiger partial charge in [0.2, 0.25) is 10.0 Å². The molecular weight excluding hydrogens is 395 g/mol. The second-order valence-corrected chi connectivity index (χ2v) is 9.24. The minimum absolute atomic E-state index is 0.0622. The van der Waals surface area contributed by atoms with Crippen molar-refractivity contribution in [3.63, 3.8) is 0 Å². The molecule has 2 saturated heterocycles. The van der Waals surface area contributed by atoms with E-state index in [-0.39, 0.29) is 23.5 Å². The molecule has 2 aliphatic rings. The maximum absolute atomic E-state index is 12.8. The molecule has 156 valence electrons. The van der Waals surface area contributed by atoms with Crippen molar-refractivity contribution < 1.29 is 26.4 Å². The predicted octanol–water partition coefficient (Wildman–Crippen LogP) is 2.23. The van der Waals surface area contributed by atoms with Gasteiger partial charge in [0.1, 0.15) is 0 Å². The standard InChI is InChI=1S/C18H24F3N3O3S/c19-18(20,21)13-23-10-7-15(12-23)22-17(25)14-5-4-6-16(11-14)28(26,27)24-8-2-1-3-9-24/h4-6,11,15H,1-3,7-10,12-13H2,(H,22,25). The van der Waals surface area contributed by atoms with Crippen LogP contribution in [0, 0.1) is 0 Å². The molecule has 0 aromatic heterocycles. The van der Waals surface area contributed by atoms with Gasteiger partial charge < -0.3 is 5.32 Å². The van der Waals surface area contributed by atoms with Gasteiger partial charge in [-0.05, 0) is 37.5 Å². The van der Waals surface area contributed by atoms with E-state index in [0.29, 0.717) is 19.5 Å². The lowest BCUT2D eigenvalue weighted by atomic mass is 10.2. The third-order valence-corrected chi connectivity index (χ3v) is 6.95. The maximum atomic E-state index is 12.8. The fraction of sp³-hybridized carbons (Fsp3) is 0.611. The Kier molecular flexibility index (Phi) is 6.31. The summed E-state index contributed by atoms with van der Waals surface area (Å²) in [7, 11) is -3.65. The smallest absolute Gasteiger partial charge is 0.348 e. The first-order valence-electron chi connectivity index (χ1n) is 9.35. The summed E-state index contributed by atoms with van der Waals surface area (Å²) < 4.78 is 64.4. The molecule has 0 radical (unpaired) electrons. The normalized spacial score (nSPS) is 22.3. The number of amides is 1. The fourth-order valence-electron chi connectivity index (χ4n) is 3.67. The molecule has 1 amide bonds. The van der Waals surface area contributed by atoms with Gasteiger partial charge in [0.05, 0.1) is 11.4 Å². The second kappa shape index (κ2) is 8.38. The maximum Gasteiger partial charge on any atom is 0.401 e. The zero-order chi connectivity index (χ0) is 20.4. The van der Waals surface area contributed by atoms with Crippen LogP contribution in [-0.4, -0.2) is 68.5 Å². The SMILES string of the molecule is O=C(NC1CCN(CC(F)(F)F)C1)c1cccc(S(=O)(=O)N2CCCCC2)c1. The van der Waals surface area contributed by atoms with Gasteiger partial charge >= 0.3 is 6.18 Å². The Labute approximate surface area is 162 Å². The highest BCUT2D eigenvalue weighted by Crippen LogP contribution is 2.22. The van der Waals surface area contributed by atoms with Crippen LogP contribution in [0.15, 0.2) is 29.2 Å². The number of likely N-dealkylation sites (tertiary alicyclic amines) is 1. The van der Waals surface area contributed by atoms with Gasteiger partial charge in [-0.25, -0.2) is 8.42 Å². The topological polar surface area (TPSA) is 69.7 Å². The fourth-order valence-corrected chi connectivity index (χ4v) is 5.23. The van der Waals surface area contributed by atoms with Gasteiger partial charge in [0.15, 0.2) is 0 Å². The van der Waals surface area contributed by atoms with Gasteiger partial charge in [-0.2, -0.15) is 17.5 Å². The summed E-state index contributed by atoms with van der Waals surface area (Å²) in [4.78, 5) is 13.8. The predicted molar refractivity (Wildman–Crippen MR) is 97.4 cm³/mol. The third-order valence-electron chi connectivity index (χ3n) is 5.06. The number of nitrogens with one attached hydrogen (secondary N) is 1. The Morgan fingerprint density at radius 1 is 1.14 bits per heavy atom. The van der Waals surface area contributed by atoms with Crippen molar-refractivity contribution in [1.29, 1.82) is 0 Å². The number of nitrogens with zero attached hydrogens (tertiary/aromatic N) is 2. The first-order chi connectivity index (χ1) is 13.1. The molecule has 1 N–H and O–H groups in total. The first kappa shape index (κ1) is 21.1. The minimum Gasteiger partial charge on any atom is -0.348 e. The summed E-state index contributed by atoms with van der Waals surface area (Å²) in [6.45, 7) is 0.319. The molecular formula is C18H24F3N3O3S. The molecule has 6 nitrogen and oxygen atoms in total. The number of hydrogen-bond acceptors (Lipinski definition) is 4.